The monoisotopic (exact) mass is 1330 g/mol. The van der Waals surface area contributed by atoms with Gasteiger partial charge in [-0.3, -0.25) is 43.2 Å². The second kappa shape index (κ2) is 40.2. The summed E-state index contributed by atoms with van der Waals surface area (Å²) in [5.74, 6) is -8.78. The summed E-state index contributed by atoms with van der Waals surface area (Å²) in [4.78, 5) is 147. The summed E-state index contributed by atoms with van der Waals surface area (Å²) in [6, 6.07) is 18.9. The minimum Gasteiger partial charge on any atom is -0.460 e. The lowest BCUT2D eigenvalue weighted by Crippen LogP contribution is -2.61. The van der Waals surface area contributed by atoms with Gasteiger partial charge in [0.05, 0.1) is 12.8 Å². The number of carbonyl (C=O) groups is 10. The number of esters is 2. The molecule has 4 rings (SSSR count). The van der Waals surface area contributed by atoms with E-state index in [-0.39, 0.29) is 56.3 Å². The van der Waals surface area contributed by atoms with Crippen LogP contribution in [0.15, 0.2) is 91.0 Å². The van der Waals surface area contributed by atoms with Crippen molar-refractivity contribution in [3.8, 4) is 0 Å². The zero-order chi connectivity index (χ0) is 71.3. The van der Waals surface area contributed by atoms with Gasteiger partial charge in [-0.15, -0.1) is 0 Å². The van der Waals surface area contributed by atoms with Crippen molar-refractivity contribution < 1.29 is 57.4 Å². The van der Waals surface area contributed by atoms with Gasteiger partial charge in [0.1, 0.15) is 59.5 Å². The van der Waals surface area contributed by atoms with Crippen molar-refractivity contribution in [2.24, 2.45) is 35.5 Å². The molecule has 0 aromatic heterocycles. The normalized spacial score (nSPS) is 21.6. The van der Waals surface area contributed by atoms with Crippen LogP contribution < -0.4 is 42.5 Å². The molecule has 96 heavy (non-hydrogen) atoms. The minimum atomic E-state index is -1.63. The highest BCUT2D eigenvalue weighted by atomic mass is 16.6. The van der Waals surface area contributed by atoms with Crippen LogP contribution in [0, 0.1) is 35.5 Å². The van der Waals surface area contributed by atoms with Crippen LogP contribution >= 0.6 is 0 Å². The van der Waals surface area contributed by atoms with E-state index in [0.29, 0.717) is 18.8 Å². The molecule has 0 aliphatic carbocycles. The molecule has 9 atom stereocenters. The molecule has 1 aliphatic rings. The lowest BCUT2D eigenvalue weighted by molar-refractivity contribution is -0.158. The van der Waals surface area contributed by atoms with Crippen molar-refractivity contribution >= 4 is 59.2 Å². The molecular weight excluding hydrogens is 1220 g/mol. The zero-order valence-corrected chi connectivity index (χ0v) is 60.2. The third-order valence-corrected chi connectivity index (χ3v) is 17.2. The van der Waals surface area contributed by atoms with Crippen LogP contribution in [-0.4, -0.2) is 113 Å². The van der Waals surface area contributed by atoms with Crippen molar-refractivity contribution in [2.45, 2.75) is 273 Å². The molecule has 0 spiro atoms. The van der Waals surface area contributed by atoms with Crippen molar-refractivity contribution in [3.63, 3.8) is 0 Å². The Balaban J connectivity index is 1.90. The topological polar surface area (TPSA) is 285 Å². The lowest BCUT2D eigenvalue weighted by Gasteiger charge is -2.37. The number of benzene rings is 3. The molecule has 0 radical (unpaired) electrons. The largest absolute Gasteiger partial charge is 0.460 e. The molecule has 8 N–H and O–H groups in total. The van der Waals surface area contributed by atoms with Crippen LogP contribution in [0.1, 0.15) is 230 Å². The SMILES string of the molecule is CC[C@H](C)[C@@H]1NC(=O)[C@@H](CC(C)C)NC(=O)[C@H](CC(=O)OC(C)(C)C)NC(=O)[C@H](C(C)C)NC(=O)[C@@H](CC(C)C)NC(=O)[C@H](CC(C)C)NC(=O)[C@H](CCC(=O)NC(c2ccccc2)(c2ccccc2)c2ccccc2)NC(=O)C[C@@H](CCCCCCCCCC(C)C)OC1=O. The number of amides is 8. The van der Waals surface area contributed by atoms with E-state index >= 15 is 4.79 Å². The standard InChI is InChI=1S/C76H116N8O12/c1-16-53(12)67-74(94)95-57(40-32-21-19-17-18-20-25-33-48(2)3)46-64(86)77-58(41-42-63(85)84-76(54-34-26-22-27-35-54,55-36-28-23-29-37-55)56-38-30-24-31-39-56)68(88)78-59(43-49(4)5)69(89)79-60(44-50(6)7)71(91)82-66(52(10)11)73(93)81-62(47-65(87)96-75(13,14)15)70(90)80-61(45-51(8)9)72(92)83-67/h22-24,26-31,34-39,48-53,57-62,66-67H,16-21,25,32-33,40-47H2,1-15H3,(H,77,86)(H,78,88)(H,79,89)(H,80,90)(H,81,93)(H,82,91)(H,83,92)(H,84,85)/t53-,57+,58-,59-,60+,61+,62-,66-,67-/m0/s1. The summed E-state index contributed by atoms with van der Waals surface area (Å²) < 4.78 is 11.9. The summed E-state index contributed by atoms with van der Waals surface area (Å²) in [5, 5.41) is 23.0. The summed E-state index contributed by atoms with van der Waals surface area (Å²) >= 11 is 0. The summed E-state index contributed by atoms with van der Waals surface area (Å²) in [5.41, 5.74) is 0.0715. The first-order valence-electron chi connectivity index (χ1n) is 35.3. The summed E-state index contributed by atoms with van der Waals surface area (Å²) in [6.07, 6.45) is 5.86. The molecule has 0 saturated carbocycles. The molecule has 3 aromatic carbocycles. The van der Waals surface area contributed by atoms with E-state index < -0.39 is 143 Å². The van der Waals surface area contributed by atoms with E-state index in [1.165, 1.54) is 0 Å². The Hall–Kier alpha value is -7.64. The molecule has 0 bridgehead atoms. The second-order valence-corrected chi connectivity index (χ2v) is 29.3. The molecule has 1 saturated heterocycles. The Labute approximate surface area is 572 Å². The van der Waals surface area contributed by atoms with Crippen LogP contribution in [0.2, 0.25) is 0 Å². The van der Waals surface area contributed by atoms with Crippen LogP contribution in [0.3, 0.4) is 0 Å². The number of carbonyl (C=O) groups excluding carboxylic acids is 10. The van der Waals surface area contributed by atoms with Crippen molar-refractivity contribution in [2.75, 3.05) is 0 Å². The Kier molecular flexibility index (Phi) is 33.8. The average molecular weight is 1330 g/mol. The van der Waals surface area contributed by atoms with E-state index in [2.05, 4.69) is 56.4 Å². The first-order chi connectivity index (χ1) is 45.3. The van der Waals surface area contributed by atoms with Gasteiger partial charge in [0.2, 0.25) is 47.3 Å². The van der Waals surface area contributed by atoms with E-state index in [4.69, 9.17) is 9.47 Å². The second-order valence-electron chi connectivity index (χ2n) is 29.3. The zero-order valence-electron chi connectivity index (χ0n) is 60.2. The van der Waals surface area contributed by atoms with Crippen LogP contribution in [-0.2, 0) is 63.0 Å². The average Bonchev–Trinajstić information content (AvgIpc) is 0.757. The number of ether oxygens (including phenoxy) is 2. The molecule has 3 aromatic rings. The Morgan fingerprint density at radius 3 is 1.32 bits per heavy atom. The molecule has 1 heterocycles. The number of hydrogen-bond acceptors (Lipinski definition) is 12. The predicted molar refractivity (Wildman–Crippen MR) is 374 cm³/mol. The maximum Gasteiger partial charge on any atom is 0.329 e. The quantitative estimate of drug-likeness (QED) is 0.0191. The van der Waals surface area contributed by atoms with Gasteiger partial charge >= 0.3 is 11.9 Å². The highest BCUT2D eigenvalue weighted by molar-refractivity contribution is 5.99. The van der Waals surface area contributed by atoms with E-state index in [0.717, 1.165) is 61.6 Å². The van der Waals surface area contributed by atoms with Gasteiger partial charge < -0.3 is 52.0 Å². The van der Waals surface area contributed by atoms with E-state index in [1.807, 2.05) is 139 Å². The summed E-state index contributed by atoms with van der Waals surface area (Å²) in [6.45, 7) is 27.4. The van der Waals surface area contributed by atoms with Crippen LogP contribution in [0.25, 0.3) is 0 Å². The third-order valence-electron chi connectivity index (χ3n) is 17.2. The number of rotatable bonds is 28. The van der Waals surface area contributed by atoms with Gasteiger partial charge in [0.15, 0.2) is 0 Å². The number of unbranched alkanes of at least 4 members (excludes halogenated alkanes) is 6. The number of cyclic esters (lactones) is 1. The van der Waals surface area contributed by atoms with Crippen molar-refractivity contribution in [1.82, 2.24) is 42.5 Å². The van der Waals surface area contributed by atoms with Gasteiger partial charge in [-0.25, -0.2) is 4.79 Å². The number of nitrogens with one attached hydrogen (secondary N) is 8. The van der Waals surface area contributed by atoms with Crippen molar-refractivity contribution in [3.05, 3.63) is 108 Å². The van der Waals surface area contributed by atoms with Crippen LogP contribution in [0.4, 0.5) is 0 Å². The molecule has 1 fully saturated rings. The van der Waals surface area contributed by atoms with Gasteiger partial charge in [-0.2, -0.15) is 0 Å². The fourth-order valence-corrected chi connectivity index (χ4v) is 12.0. The van der Waals surface area contributed by atoms with Gasteiger partial charge in [0, 0.05) is 6.42 Å². The fourth-order valence-electron chi connectivity index (χ4n) is 12.0. The van der Waals surface area contributed by atoms with Crippen LogP contribution in [0.5, 0.6) is 0 Å². The minimum absolute atomic E-state index is 0.0590. The van der Waals surface area contributed by atoms with E-state index in [9.17, 15) is 43.2 Å². The third kappa shape index (κ3) is 27.5. The van der Waals surface area contributed by atoms with Gasteiger partial charge in [0.25, 0.3) is 0 Å². The first kappa shape index (κ1) is 80.8. The van der Waals surface area contributed by atoms with Gasteiger partial charge in [-0.05, 0) is 111 Å². The van der Waals surface area contributed by atoms with E-state index in [1.54, 1.807) is 41.5 Å². The molecule has 1 aliphatic heterocycles. The molecule has 20 nitrogen and oxygen atoms in total. The predicted octanol–water partition coefficient (Wildman–Crippen LogP) is 10.3. The molecular formula is C76H116N8O12. The molecule has 20 heteroatoms. The maximum absolute atomic E-state index is 15.2. The highest BCUT2D eigenvalue weighted by Gasteiger charge is 2.41. The highest BCUT2D eigenvalue weighted by Crippen LogP contribution is 2.37. The Morgan fingerprint density at radius 2 is 0.896 bits per heavy atom. The van der Waals surface area contributed by atoms with Crippen molar-refractivity contribution in [1.29, 1.82) is 0 Å². The first-order valence-corrected chi connectivity index (χ1v) is 35.3. The molecule has 532 valence electrons. The van der Waals surface area contributed by atoms with Gasteiger partial charge in [-0.1, -0.05) is 225 Å². The Morgan fingerprint density at radius 1 is 0.490 bits per heavy atom. The maximum atomic E-state index is 15.2. The molecule has 8 amide bonds. The lowest BCUT2D eigenvalue weighted by atomic mass is 9.77. The number of hydrogen-bond donors (Lipinski definition) is 8. The molecule has 0 unspecified atom stereocenters. The Bertz CT molecular complexity index is 2850. The summed E-state index contributed by atoms with van der Waals surface area (Å²) in [7, 11) is 0. The smallest absolute Gasteiger partial charge is 0.329 e. The fraction of sp³-hybridized carbons (Fsp3) is 0.632.